The summed E-state index contributed by atoms with van der Waals surface area (Å²) in [5, 5.41) is 0.722. The Balaban J connectivity index is 1.37. The maximum atomic E-state index is 13.3. The van der Waals surface area contributed by atoms with Crippen molar-refractivity contribution in [1.82, 2.24) is 4.98 Å². The molecule has 5 rings (SSSR count). The van der Waals surface area contributed by atoms with Crippen LogP contribution in [-0.4, -0.2) is 23.3 Å². The predicted octanol–water partition coefficient (Wildman–Crippen LogP) is 9.09. The number of rotatable bonds is 8. The average Bonchev–Trinajstić information content (AvgIpc) is 2.96. The number of hydrogen-bond acceptors (Lipinski definition) is 4. The molecule has 39 heavy (non-hydrogen) atoms. The minimum absolute atomic E-state index is 0.245. The minimum atomic E-state index is -0.528. The highest BCUT2D eigenvalue weighted by Gasteiger charge is 2.22. The molecule has 0 unspecified atom stereocenters. The molecule has 0 bridgehead atoms. The van der Waals surface area contributed by atoms with Crippen LogP contribution in [0.25, 0.3) is 22.2 Å². The van der Waals surface area contributed by atoms with E-state index in [-0.39, 0.29) is 12.4 Å². The number of esters is 1. The number of fused-ring (bicyclic) bond motifs is 1. The van der Waals surface area contributed by atoms with Crippen LogP contribution < -0.4 is 0 Å². The Morgan fingerprint density at radius 3 is 2.33 bits per heavy atom. The number of benzene rings is 3. The average molecular weight is 585 g/mol. The van der Waals surface area contributed by atoms with Gasteiger partial charge in [-0.05, 0) is 80.3 Å². The van der Waals surface area contributed by atoms with Crippen LogP contribution in [0, 0.1) is 12.8 Å². The van der Waals surface area contributed by atoms with Gasteiger partial charge in [0.15, 0.2) is 12.4 Å². The van der Waals surface area contributed by atoms with Crippen LogP contribution in [0.1, 0.15) is 83.2 Å². The molecular weight excluding hydrogens is 550 g/mol. The van der Waals surface area contributed by atoms with Crippen molar-refractivity contribution in [2.24, 2.45) is 5.92 Å². The van der Waals surface area contributed by atoms with Gasteiger partial charge in [0.25, 0.3) is 0 Å². The van der Waals surface area contributed by atoms with Gasteiger partial charge < -0.3 is 4.74 Å². The molecule has 1 saturated carbocycles. The monoisotopic (exact) mass is 583 g/mol. The van der Waals surface area contributed by atoms with E-state index in [2.05, 4.69) is 47.1 Å². The molecule has 4 nitrogen and oxygen atoms in total. The number of ketones is 1. The van der Waals surface area contributed by atoms with Gasteiger partial charge >= 0.3 is 5.97 Å². The van der Waals surface area contributed by atoms with E-state index in [9.17, 15) is 9.59 Å². The Morgan fingerprint density at radius 2 is 1.64 bits per heavy atom. The summed E-state index contributed by atoms with van der Waals surface area (Å²) in [7, 11) is 0. The van der Waals surface area contributed by atoms with E-state index >= 15 is 0 Å². The van der Waals surface area contributed by atoms with Gasteiger partial charge in [-0.2, -0.15) is 0 Å². The van der Waals surface area contributed by atoms with Crippen molar-refractivity contribution < 1.29 is 14.3 Å². The minimum Gasteiger partial charge on any atom is -0.454 e. The lowest BCUT2D eigenvalue weighted by atomic mass is 9.77. The van der Waals surface area contributed by atoms with E-state index in [4.69, 9.17) is 9.72 Å². The zero-order valence-electron chi connectivity index (χ0n) is 22.6. The van der Waals surface area contributed by atoms with Gasteiger partial charge in [-0.3, -0.25) is 4.79 Å². The highest BCUT2D eigenvalue weighted by Crippen LogP contribution is 2.38. The summed E-state index contributed by atoms with van der Waals surface area (Å²) >= 11 is 3.37. The second-order valence-corrected chi connectivity index (χ2v) is 11.6. The van der Waals surface area contributed by atoms with Crippen LogP contribution in [0.3, 0.4) is 0 Å². The van der Waals surface area contributed by atoms with Crippen molar-refractivity contribution in [2.45, 2.75) is 58.3 Å². The lowest BCUT2D eigenvalue weighted by Crippen LogP contribution is -2.15. The molecule has 1 heterocycles. The molecule has 1 aliphatic carbocycles. The fourth-order valence-corrected chi connectivity index (χ4v) is 5.97. The van der Waals surface area contributed by atoms with Gasteiger partial charge in [0, 0.05) is 21.0 Å². The van der Waals surface area contributed by atoms with E-state index in [1.807, 2.05) is 25.1 Å². The van der Waals surface area contributed by atoms with Crippen molar-refractivity contribution in [2.75, 3.05) is 6.61 Å². The number of halogens is 1. The fourth-order valence-electron chi connectivity index (χ4n) is 5.70. The molecule has 200 valence electrons. The molecule has 0 saturated heterocycles. The lowest BCUT2D eigenvalue weighted by Gasteiger charge is -2.28. The molecule has 3 aromatic carbocycles. The highest BCUT2D eigenvalue weighted by molar-refractivity contribution is 9.10. The summed E-state index contributed by atoms with van der Waals surface area (Å²) in [6.45, 7) is 3.94. The summed E-state index contributed by atoms with van der Waals surface area (Å²) in [6, 6.07) is 23.3. The summed E-state index contributed by atoms with van der Waals surface area (Å²) < 4.78 is 6.39. The maximum Gasteiger partial charge on any atom is 0.339 e. The first-order chi connectivity index (χ1) is 18.9. The summed E-state index contributed by atoms with van der Waals surface area (Å²) in [4.78, 5) is 30.7. The first kappa shape index (κ1) is 27.3. The molecule has 0 amide bonds. The van der Waals surface area contributed by atoms with Crippen LogP contribution in [-0.2, 0) is 4.74 Å². The van der Waals surface area contributed by atoms with Crippen molar-refractivity contribution in [1.29, 1.82) is 0 Å². The van der Waals surface area contributed by atoms with Crippen LogP contribution in [0.15, 0.2) is 77.3 Å². The first-order valence-corrected chi connectivity index (χ1v) is 14.7. The SMILES string of the molecule is CCCC1CCC(c2ccc(-c3cc(C(=O)OCC(=O)c4ccc(Br)cc4)c4cc(C)ccc4n3)cc2)CC1. The van der Waals surface area contributed by atoms with Gasteiger partial charge in [-0.1, -0.05) is 83.7 Å². The van der Waals surface area contributed by atoms with Crippen molar-refractivity contribution >= 4 is 38.6 Å². The number of carbonyl (C=O) groups excluding carboxylic acids is 2. The zero-order valence-corrected chi connectivity index (χ0v) is 24.2. The summed E-state index contributed by atoms with van der Waals surface area (Å²) in [6.07, 6.45) is 7.78. The third-order valence-electron chi connectivity index (χ3n) is 7.91. The van der Waals surface area contributed by atoms with E-state index in [0.29, 0.717) is 17.0 Å². The molecule has 0 atom stereocenters. The number of nitrogens with zero attached hydrogens (tertiary/aromatic N) is 1. The van der Waals surface area contributed by atoms with Gasteiger partial charge in [0.1, 0.15) is 0 Å². The summed E-state index contributed by atoms with van der Waals surface area (Å²) in [5.41, 5.74) is 5.73. The van der Waals surface area contributed by atoms with Gasteiger partial charge in [-0.15, -0.1) is 0 Å². The van der Waals surface area contributed by atoms with Crippen molar-refractivity contribution in [3.05, 3.63) is 99.5 Å². The Hall–Kier alpha value is -3.31. The van der Waals surface area contributed by atoms with Gasteiger partial charge in [-0.25, -0.2) is 9.78 Å². The molecule has 0 radical (unpaired) electrons. The third kappa shape index (κ3) is 6.47. The Labute approximate surface area is 238 Å². The second kappa shape index (κ2) is 12.3. The van der Waals surface area contributed by atoms with E-state index < -0.39 is 5.97 Å². The molecule has 0 spiro atoms. The van der Waals surface area contributed by atoms with Crippen LogP contribution in [0.4, 0.5) is 0 Å². The number of pyridine rings is 1. The number of carbonyl (C=O) groups is 2. The number of ether oxygens (including phenoxy) is 1. The van der Waals surface area contributed by atoms with E-state index in [0.717, 1.165) is 38.1 Å². The highest BCUT2D eigenvalue weighted by atomic mass is 79.9. The molecule has 0 aliphatic heterocycles. The lowest BCUT2D eigenvalue weighted by molar-refractivity contribution is 0.0476. The maximum absolute atomic E-state index is 13.3. The number of Topliss-reactive ketones (excluding diaryl/α,β-unsaturated/α-hetero) is 1. The zero-order chi connectivity index (χ0) is 27.4. The fraction of sp³-hybridized carbons (Fsp3) is 0.324. The van der Waals surface area contributed by atoms with Crippen LogP contribution in [0.2, 0.25) is 0 Å². The topological polar surface area (TPSA) is 56.3 Å². The second-order valence-electron chi connectivity index (χ2n) is 10.7. The van der Waals surface area contributed by atoms with Crippen LogP contribution >= 0.6 is 15.9 Å². The number of aryl methyl sites for hydroxylation is 1. The van der Waals surface area contributed by atoms with Gasteiger partial charge in [0.05, 0.1) is 16.8 Å². The molecule has 1 fully saturated rings. The molecule has 5 heteroatoms. The standard InChI is InChI=1S/C34H34BrNO3/c1-3-4-23-6-8-24(9-7-23)25-10-12-26(13-11-25)32-20-30(29-19-22(2)5-18-31(29)36-32)34(38)39-21-33(37)27-14-16-28(35)17-15-27/h5,10-20,23-24H,3-4,6-9,21H2,1-2H3. The molecule has 0 N–H and O–H groups in total. The smallest absolute Gasteiger partial charge is 0.339 e. The normalized spacial score (nSPS) is 17.2. The molecular formula is C34H34BrNO3. The number of aromatic nitrogens is 1. The van der Waals surface area contributed by atoms with Crippen molar-refractivity contribution in [3.8, 4) is 11.3 Å². The van der Waals surface area contributed by atoms with Gasteiger partial charge in [0.2, 0.25) is 0 Å². The largest absolute Gasteiger partial charge is 0.454 e. The Bertz CT molecular complexity index is 1470. The molecule has 4 aromatic rings. The third-order valence-corrected chi connectivity index (χ3v) is 8.43. The summed E-state index contributed by atoms with van der Waals surface area (Å²) in [5.74, 6) is 0.734. The quantitative estimate of drug-likeness (QED) is 0.153. The number of hydrogen-bond donors (Lipinski definition) is 0. The van der Waals surface area contributed by atoms with Crippen LogP contribution in [0.5, 0.6) is 0 Å². The first-order valence-electron chi connectivity index (χ1n) is 13.9. The predicted molar refractivity (Wildman–Crippen MR) is 160 cm³/mol. The molecule has 1 aromatic heterocycles. The van der Waals surface area contributed by atoms with E-state index in [1.54, 1.807) is 30.3 Å². The Morgan fingerprint density at radius 1 is 0.923 bits per heavy atom. The van der Waals surface area contributed by atoms with E-state index in [1.165, 1.54) is 44.1 Å². The van der Waals surface area contributed by atoms with Crippen molar-refractivity contribution in [3.63, 3.8) is 0 Å². The molecule has 1 aliphatic rings. The Kier molecular flexibility index (Phi) is 8.56.